The van der Waals surface area contributed by atoms with Crippen LogP contribution in [0.25, 0.3) is 0 Å². The maximum absolute atomic E-state index is 12.3. The van der Waals surface area contributed by atoms with Gasteiger partial charge in [-0.15, -0.1) is 0 Å². The molecule has 1 aliphatic heterocycles. The van der Waals surface area contributed by atoms with Gasteiger partial charge in [0, 0.05) is 24.4 Å². The predicted molar refractivity (Wildman–Crippen MR) is 100 cm³/mol. The number of imide groups is 1. The molecule has 2 aromatic carbocycles. The molecule has 1 N–H and O–H groups in total. The molecule has 0 aliphatic carbocycles. The molecule has 1 heterocycles. The molecule has 142 valence electrons. The van der Waals surface area contributed by atoms with Crippen LogP contribution in [-0.4, -0.2) is 33.4 Å². The summed E-state index contributed by atoms with van der Waals surface area (Å²) in [4.78, 5) is 24.6. The highest BCUT2D eigenvalue weighted by atomic mass is 35.5. The van der Waals surface area contributed by atoms with Crippen molar-refractivity contribution in [1.29, 1.82) is 0 Å². The topological polar surface area (TPSA) is 92.8 Å². The van der Waals surface area contributed by atoms with Gasteiger partial charge in [0.05, 0.1) is 10.6 Å². The summed E-state index contributed by atoms with van der Waals surface area (Å²) in [5, 5.41) is 0.587. The first-order valence-electron chi connectivity index (χ1n) is 8.21. The average molecular weight is 409 g/mol. The number of carbonyl (C=O) groups is 2. The van der Waals surface area contributed by atoms with E-state index in [2.05, 4.69) is 4.72 Å². The maximum Gasteiger partial charge on any atom is 0.240 e. The van der Waals surface area contributed by atoms with Crippen LogP contribution >= 0.6 is 11.6 Å². The molecule has 9 heteroatoms. The van der Waals surface area contributed by atoms with E-state index >= 15 is 0 Å². The summed E-state index contributed by atoms with van der Waals surface area (Å²) in [6.45, 7) is 0.228. The summed E-state index contributed by atoms with van der Waals surface area (Å²) in [6, 6.07) is 12.3. The first-order valence-corrected chi connectivity index (χ1v) is 10.1. The van der Waals surface area contributed by atoms with Crippen molar-refractivity contribution in [3.63, 3.8) is 0 Å². The number of ether oxygens (including phenoxy) is 1. The molecule has 7 nitrogen and oxygen atoms in total. The predicted octanol–water partition coefficient (Wildman–Crippen LogP) is 2.35. The van der Waals surface area contributed by atoms with Crippen LogP contribution in [0.15, 0.2) is 53.4 Å². The Hall–Kier alpha value is -2.42. The SMILES string of the molecule is O=C1CCC(=O)N1c1ccc(S(=O)(=O)NCCOc2ccc(Cl)cc2)cc1. The number of benzene rings is 2. The molecule has 27 heavy (non-hydrogen) atoms. The minimum Gasteiger partial charge on any atom is -0.492 e. The van der Waals surface area contributed by atoms with Gasteiger partial charge in [-0.25, -0.2) is 13.1 Å². The molecule has 0 unspecified atom stereocenters. The van der Waals surface area contributed by atoms with Crippen LogP contribution in [0.5, 0.6) is 5.75 Å². The lowest BCUT2D eigenvalue weighted by atomic mass is 10.3. The molecule has 3 rings (SSSR count). The molecule has 2 aromatic rings. The standard InChI is InChI=1S/C18H17ClN2O5S/c19-13-1-5-15(6-2-13)26-12-11-20-27(24,25)16-7-3-14(4-8-16)21-17(22)9-10-18(21)23/h1-8,20H,9-12H2. The Morgan fingerprint density at radius 3 is 2.15 bits per heavy atom. The molecule has 0 saturated carbocycles. The molecule has 0 radical (unpaired) electrons. The fourth-order valence-corrected chi connectivity index (χ4v) is 3.74. The van der Waals surface area contributed by atoms with Gasteiger partial charge in [-0.3, -0.25) is 14.5 Å². The van der Waals surface area contributed by atoms with Crippen LogP contribution in [0.3, 0.4) is 0 Å². The van der Waals surface area contributed by atoms with E-state index in [1.54, 1.807) is 24.3 Å². The fourth-order valence-electron chi connectivity index (χ4n) is 2.60. The number of anilines is 1. The van der Waals surface area contributed by atoms with Crippen molar-refractivity contribution in [3.8, 4) is 5.75 Å². The van der Waals surface area contributed by atoms with Gasteiger partial charge in [0.1, 0.15) is 12.4 Å². The number of amides is 2. The normalized spacial score (nSPS) is 14.6. The highest BCUT2D eigenvalue weighted by Gasteiger charge is 2.30. The minimum atomic E-state index is -3.73. The highest BCUT2D eigenvalue weighted by Crippen LogP contribution is 2.24. The van der Waals surface area contributed by atoms with E-state index in [0.29, 0.717) is 16.5 Å². The molecule has 1 fully saturated rings. The van der Waals surface area contributed by atoms with E-state index in [-0.39, 0.29) is 42.7 Å². The number of rotatable bonds is 7. The third kappa shape index (κ3) is 4.65. The third-order valence-corrected chi connectivity index (χ3v) is 5.66. The van der Waals surface area contributed by atoms with Crippen molar-refractivity contribution in [2.75, 3.05) is 18.1 Å². The van der Waals surface area contributed by atoms with Gasteiger partial charge in [-0.1, -0.05) is 11.6 Å². The minimum absolute atomic E-state index is 0.0387. The van der Waals surface area contributed by atoms with E-state index in [1.165, 1.54) is 24.3 Å². The Balaban J connectivity index is 1.57. The monoisotopic (exact) mass is 408 g/mol. The molecule has 0 bridgehead atoms. The number of nitrogens with zero attached hydrogens (tertiary/aromatic N) is 1. The molecule has 0 spiro atoms. The van der Waals surface area contributed by atoms with E-state index in [4.69, 9.17) is 16.3 Å². The van der Waals surface area contributed by atoms with Gasteiger partial charge in [-0.05, 0) is 48.5 Å². The molecule has 0 aromatic heterocycles. The number of hydrogen-bond donors (Lipinski definition) is 1. The zero-order valence-corrected chi connectivity index (χ0v) is 15.8. The number of carbonyl (C=O) groups excluding carboxylic acids is 2. The van der Waals surface area contributed by atoms with E-state index in [9.17, 15) is 18.0 Å². The van der Waals surface area contributed by atoms with Crippen LogP contribution in [0.4, 0.5) is 5.69 Å². The smallest absolute Gasteiger partial charge is 0.240 e. The molecule has 0 atom stereocenters. The zero-order valence-electron chi connectivity index (χ0n) is 14.2. The van der Waals surface area contributed by atoms with Crippen molar-refractivity contribution in [2.24, 2.45) is 0 Å². The summed E-state index contributed by atoms with van der Waals surface area (Å²) in [5.74, 6) is 0.0176. The van der Waals surface area contributed by atoms with Crippen LogP contribution < -0.4 is 14.4 Å². The second-order valence-corrected chi connectivity index (χ2v) is 8.02. The lowest BCUT2D eigenvalue weighted by Crippen LogP contribution is -2.29. The summed E-state index contributed by atoms with van der Waals surface area (Å²) in [7, 11) is -3.73. The van der Waals surface area contributed by atoms with Crippen LogP contribution in [0, 0.1) is 0 Å². The molecule has 2 amide bonds. The summed E-state index contributed by atoms with van der Waals surface area (Å²) in [5.41, 5.74) is 0.368. The Morgan fingerprint density at radius 2 is 1.56 bits per heavy atom. The van der Waals surface area contributed by atoms with Crippen LogP contribution in [-0.2, 0) is 19.6 Å². The molecule has 1 saturated heterocycles. The lowest BCUT2D eigenvalue weighted by Gasteiger charge is -2.14. The Bertz CT molecular complexity index is 927. The average Bonchev–Trinajstić information content (AvgIpc) is 2.99. The van der Waals surface area contributed by atoms with Crippen LogP contribution in [0.2, 0.25) is 5.02 Å². The van der Waals surface area contributed by atoms with Crippen molar-refractivity contribution >= 4 is 39.1 Å². The Morgan fingerprint density at radius 1 is 0.963 bits per heavy atom. The summed E-state index contributed by atoms with van der Waals surface area (Å²) < 4.78 is 32.5. The van der Waals surface area contributed by atoms with Crippen molar-refractivity contribution in [2.45, 2.75) is 17.7 Å². The molecular formula is C18H17ClN2O5S. The van der Waals surface area contributed by atoms with Crippen molar-refractivity contribution in [3.05, 3.63) is 53.6 Å². The van der Waals surface area contributed by atoms with E-state index in [0.717, 1.165) is 4.90 Å². The first-order chi connectivity index (χ1) is 12.9. The number of nitrogens with one attached hydrogen (secondary N) is 1. The maximum atomic E-state index is 12.3. The van der Waals surface area contributed by atoms with Gasteiger partial charge < -0.3 is 4.74 Å². The second kappa shape index (κ2) is 8.08. The number of sulfonamides is 1. The quantitative estimate of drug-likeness (QED) is 0.560. The lowest BCUT2D eigenvalue weighted by molar-refractivity contribution is -0.121. The summed E-state index contributed by atoms with van der Waals surface area (Å²) in [6.07, 6.45) is 0.349. The van der Waals surface area contributed by atoms with Crippen molar-refractivity contribution < 1.29 is 22.7 Å². The Kier molecular flexibility index (Phi) is 5.79. The Labute approximate surface area is 161 Å². The second-order valence-electron chi connectivity index (χ2n) is 5.82. The van der Waals surface area contributed by atoms with E-state index < -0.39 is 10.0 Å². The third-order valence-electron chi connectivity index (χ3n) is 3.93. The summed E-state index contributed by atoms with van der Waals surface area (Å²) >= 11 is 5.78. The van der Waals surface area contributed by atoms with Gasteiger partial charge in [0.15, 0.2) is 0 Å². The van der Waals surface area contributed by atoms with Gasteiger partial charge in [0.25, 0.3) is 0 Å². The van der Waals surface area contributed by atoms with Gasteiger partial charge in [0.2, 0.25) is 21.8 Å². The van der Waals surface area contributed by atoms with E-state index in [1.807, 2.05) is 0 Å². The molecule has 1 aliphatic rings. The van der Waals surface area contributed by atoms with Crippen molar-refractivity contribution in [1.82, 2.24) is 4.72 Å². The first kappa shape index (κ1) is 19.3. The van der Waals surface area contributed by atoms with Gasteiger partial charge >= 0.3 is 0 Å². The molecular weight excluding hydrogens is 392 g/mol. The highest BCUT2D eigenvalue weighted by molar-refractivity contribution is 7.89. The largest absolute Gasteiger partial charge is 0.492 e. The number of hydrogen-bond acceptors (Lipinski definition) is 5. The fraction of sp³-hybridized carbons (Fsp3) is 0.222. The van der Waals surface area contributed by atoms with Gasteiger partial charge in [-0.2, -0.15) is 0 Å². The number of halogens is 1. The zero-order chi connectivity index (χ0) is 19.4. The van der Waals surface area contributed by atoms with Crippen LogP contribution in [0.1, 0.15) is 12.8 Å².